The molecule has 5 nitrogen and oxygen atoms in total. The highest BCUT2D eigenvalue weighted by molar-refractivity contribution is 7.99. The molecule has 1 fully saturated rings. The predicted octanol–water partition coefficient (Wildman–Crippen LogP) is 2.67. The Hall–Kier alpha value is -1.60. The summed E-state index contributed by atoms with van der Waals surface area (Å²) in [6.07, 6.45) is 1.57. The molecule has 118 valence electrons. The fraction of sp³-hybridized carbons (Fsp3) is 0.467. The molecule has 0 bridgehead atoms. The number of aromatic nitrogens is 3. The molecule has 7 heteroatoms. The second-order valence-electron chi connectivity index (χ2n) is 5.39. The first-order chi connectivity index (χ1) is 10.6. The molecule has 0 amide bonds. The van der Waals surface area contributed by atoms with Crippen LogP contribution in [0.4, 0.5) is 4.39 Å². The van der Waals surface area contributed by atoms with Crippen molar-refractivity contribution >= 4 is 11.8 Å². The minimum absolute atomic E-state index is 0.172. The molecule has 1 aliphatic rings. The van der Waals surface area contributed by atoms with Gasteiger partial charge < -0.3 is 14.4 Å². The van der Waals surface area contributed by atoms with Gasteiger partial charge in [0.05, 0.1) is 13.2 Å². The lowest BCUT2D eigenvalue weighted by atomic mass is 10.1. The van der Waals surface area contributed by atoms with Gasteiger partial charge in [-0.1, -0.05) is 17.8 Å². The Morgan fingerprint density at radius 3 is 2.86 bits per heavy atom. The van der Waals surface area contributed by atoms with Gasteiger partial charge in [0.15, 0.2) is 16.7 Å². The summed E-state index contributed by atoms with van der Waals surface area (Å²) in [6.45, 7) is 0. The van der Waals surface area contributed by atoms with Crippen LogP contribution in [0.2, 0.25) is 0 Å². The molecular formula is C15H18FN3O2S. The van der Waals surface area contributed by atoms with Crippen LogP contribution in [0.5, 0.6) is 5.75 Å². The Kier molecular flexibility index (Phi) is 4.35. The minimum Gasteiger partial charge on any atom is -0.494 e. The fourth-order valence-corrected chi connectivity index (χ4v) is 3.17. The van der Waals surface area contributed by atoms with Crippen LogP contribution in [-0.4, -0.2) is 32.7 Å². The lowest BCUT2D eigenvalue weighted by Crippen LogP contribution is -2.04. The molecule has 1 unspecified atom stereocenters. The van der Waals surface area contributed by atoms with Crippen molar-refractivity contribution in [3.05, 3.63) is 35.4 Å². The van der Waals surface area contributed by atoms with Crippen molar-refractivity contribution in [2.75, 3.05) is 12.9 Å². The van der Waals surface area contributed by atoms with E-state index in [4.69, 9.17) is 4.74 Å². The van der Waals surface area contributed by atoms with E-state index >= 15 is 0 Å². The Morgan fingerprint density at radius 1 is 1.45 bits per heavy atom. The summed E-state index contributed by atoms with van der Waals surface area (Å²) in [6, 6.07) is 4.49. The first-order valence-electron chi connectivity index (χ1n) is 7.13. The zero-order chi connectivity index (χ0) is 15.7. The zero-order valence-electron chi connectivity index (χ0n) is 12.5. The van der Waals surface area contributed by atoms with E-state index in [9.17, 15) is 9.50 Å². The first kappa shape index (κ1) is 15.3. The second-order valence-corrected chi connectivity index (χ2v) is 6.38. The third-order valence-electron chi connectivity index (χ3n) is 3.74. The summed E-state index contributed by atoms with van der Waals surface area (Å²) >= 11 is 1.42. The summed E-state index contributed by atoms with van der Waals surface area (Å²) in [5, 5.41) is 19.3. The van der Waals surface area contributed by atoms with Crippen LogP contribution < -0.4 is 4.74 Å². The largest absolute Gasteiger partial charge is 0.494 e. The Morgan fingerprint density at radius 2 is 2.23 bits per heavy atom. The van der Waals surface area contributed by atoms with Gasteiger partial charge in [-0.05, 0) is 30.5 Å². The molecule has 0 radical (unpaired) electrons. The average molecular weight is 323 g/mol. The number of aliphatic hydroxyl groups is 1. The number of halogens is 1. The molecule has 0 spiro atoms. The van der Waals surface area contributed by atoms with Gasteiger partial charge in [-0.25, -0.2) is 4.39 Å². The summed E-state index contributed by atoms with van der Waals surface area (Å²) in [7, 11) is 3.35. The highest BCUT2D eigenvalue weighted by atomic mass is 32.2. The van der Waals surface area contributed by atoms with Crippen LogP contribution in [0, 0.1) is 5.82 Å². The van der Waals surface area contributed by atoms with Crippen LogP contribution in [-0.2, 0) is 7.05 Å². The Bertz CT molecular complexity index is 673. The number of aliphatic hydroxyl groups excluding tert-OH is 1. The van der Waals surface area contributed by atoms with Gasteiger partial charge >= 0.3 is 0 Å². The summed E-state index contributed by atoms with van der Waals surface area (Å²) < 4.78 is 20.5. The van der Waals surface area contributed by atoms with Crippen LogP contribution in [0.15, 0.2) is 23.4 Å². The third-order valence-corrected chi connectivity index (χ3v) is 4.84. The molecule has 1 atom stereocenters. The van der Waals surface area contributed by atoms with Crippen molar-refractivity contribution < 1.29 is 14.2 Å². The van der Waals surface area contributed by atoms with E-state index in [2.05, 4.69) is 10.2 Å². The van der Waals surface area contributed by atoms with E-state index in [0.717, 1.165) is 11.0 Å². The van der Waals surface area contributed by atoms with Gasteiger partial charge in [-0.15, -0.1) is 10.2 Å². The van der Waals surface area contributed by atoms with Crippen molar-refractivity contribution in [3.8, 4) is 5.75 Å². The molecule has 1 heterocycles. The number of nitrogens with zero attached hydrogens (tertiary/aromatic N) is 3. The molecule has 22 heavy (non-hydrogen) atoms. The van der Waals surface area contributed by atoms with Gasteiger partial charge in [0.1, 0.15) is 5.82 Å². The molecule has 2 aromatic rings. The van der Waals surface area contributed by atoms with Crippen LogP contribution in [0.3, 0.4) is 0 Å². The van der Waals surface area contributed by atoms with E-state index in [-0.39, 0.29) is 5.75 Å². The summed E-state index contributed by atoms with van der Waals surface area (Å²) in [5.41, 5.74) is 0.524. The van der Waals surface area contributed by atoms with Crippen molar-refractivity contribution in [3.63, 3.8) is 0 Å². The second kappa shape index (κ2) is 6.26. The molecule has 3 rings (SSSR count). The topological polar surface area (TPSA) is 60.2 Å². The summed E-state index contributed by atoms with van der Waals surface area (Å²) in [5.74, 6) is 1.63. The fourth-order valence-electron chi connectivity index (χ4n) is 2.29. The number of thioether (sulfide) groups is 1. The SMILES string of the molecule is COc1ccc(C(O)CSc2nnc(C3CC3)n2C)cc1F. The van der Waals surface area contributed by atoms with Gasteiger partial charge in [-0.3, -0.25) is 0 Å². The van der Waals surface area contributed by atoms with Crippen LogP contribution >= 0.6 is 11.8 Å². The third kappa shape index (κ3) is 3.10. The minimum atomic E-state index is -0.772. The van der Waals surface area contributed by atoms with Gasteiger partial charge in [0, 0.05) is 18.7 Å². The normalized spacial score (nSPS) is 15.8. The number of hydrogen-bond donors (Lipinski definition) is 1. The molecule has 1 aromatic heterocycles. The van der Waals surface area contributed by atoms with Crippen LogP contribution in [0.25, 0.3) is 0 Å². The monoisotopic (exact) mass is 323 g/mol. The molecule has 0 aliphatic heterocycles. The molecule has 0 saturated heterocycles. The first-order valence-corrected chi connectivity index (χ1v) is 8.12. The van der Waals surface area contributed by atoms with Crippen LogP contribution in [0.1, 0.15) is 36.3 Å². The van der Waals surface area contributed by atoms with E-state index in [0.29, 0.717) is 17.2 Å². The smallest absolute Gasteiger partial charge is 0.191 e. The van der Waals surface area contributed by atoms with Gasteiger partial charge in [-0.2, -0.15) is 0 Å². The maximum atomic E-state index is 13.7. The molecule has 1 aromatic carbocycles. The van der Waals surface area contributed by atoms with Crippen molar-refractivity contribution in [2.24, 2.45) is 7.05 Å². The maximum absolute atomic E-state index is 13.7. The van der Waals surface area contributed by atoms with Crippen molar-refractivity contribution in [1.82, 2.24) is 14.8 Å². The number of methoxy groups -OCH3 is 1. The van der Waals surface area contributed by atoms with Gasteiger partial charge in [0.25, 0.3) is 0 Å². The maximum Gasteiger partial charge on any atom is 0.191 e. The Balaban J connectivity index is 1.64. The highest BCUT2D eigenvalue weighted by Crippen LogP contribution is 2.39. The van der Waals surface area contributed by atoms with E-state index in [1.807, 2.05) is 11.6 Å². The standard InChI is InChI=1S/C15H18FN3O2S/c1-19-14(9-3-4-9)17-18-15(19)22-8-12(20)10-5-6-13(21-2)11(16)7-10/h5-7,9,12,20H,3-4,8H2,1-2H3. The number of hydrogen-bond acceptors (Lipinski definition) is 5. The quantitative estimate of drug-likeness (QED) is 0.828. The van der Waals surface area contributed by atoms with E-state index < -0.39 is 11.9 Å². The Labute approximate surface area is 132 Å². The molecule has 1 N–H and O–H groups in total. The van der Waals surface area contributed by atoms with Crippen molar-refractivity contribution in [1.29, 1.82) is 0 Å². The number of rotatable bonds is 6. The number of benzene rings is 1. The summed E-state index contributed by atoms with van der Waals surface area (Å²) in [4.78, 5) is 0. The van der Waals surface area contributed by atoms with Crippen molar-refractivity contribution in [2.45, 2.75) is 30.0 Å². The lowest BCUT2D eigenvalue weighted by Gasteiger charge is -2.11. The average Bonchev–Trinajstić information content (AvgIpc) is 3.29. The zero-order valence-corrected chi connectivity index (χ0v) is 13.3. The lowest BCUT2D eigenvalue weighted by molar-refractivity contribution is 0.203. The molecule has 1 saturated carbocycles. The molecule has 1 aliphatic carbocycles. The van der Waals surface area contributed by atoms with E-state index in [1.54, 1.807) is 6.07 Å². The highest BCUT2D eigenvalue weighted by Gasteiger charge is 2.29. The van der Waals surface area contributed by atoms with E-state index in [1.165, 1.54) is 43.8 Å². The number of ether oxygens (including phenoxy) is 1. The van der Waals surface area contributed by atoms with Gasteiger partial charge in [0.2, 0.25) is 0 Å². The molecular weight excluding hydrogens is 305 g/mol. The predicted molar refractivity (Wildman–Crippen MR) is 81.6 cm³/mol.